The Bertz CT molecular complexity index is 215. The van der Waals surface area contributed by atoms with Crippen molar-refractivity contribution in [3.05, 3.63) is 24.0 Å². The van der Waals surface area contributed by atoms with Gasteiger partial charge in [-0.05, 0) is 39.3 Å². The summed E-state index contributed by atoms with van der Waals surface area (Å²) in [5.74, 6) is 0. The molecule has 0 fully saturated rings. The summed E-state index contributed by atoms with van der Waals surface area (Å²) in [5, 5.41) is 0. The summed E-state index contributed by atoms with van der Waals surface area (Å²) in [4.78, 5) is 0. The van der Waals surface area contributed by atoms with E-state index in [4.69, 9.17) is 0 Å². The molecule has 0 aliphatic carbocycles. The predicted molar refractivity (Wildman–Crippen MR) is 44.2 cm³/mol. The van der Waals surface area contributed by atoms with Gasteiger partial charge in [0.25, 0.3) is 0 Å². The van der Waals surface area contributed by atoms with Crippen molar-refractivity contribution in [2.75, 3.05) is 0 Å². The molecule has 1 aromatic rings. The first-order chi connectivity index (χ1) is 4.50. The first kappa shape index (κ1) is 7.39. The highest BCUT2D eigenvalue weighted by molar-refractivity contribution is 5.08. The van der Waals surface area contributed by atoms with Crippen LogP contribution >= 0.6 is 0 Å². The number of aryl methyl sites for hydroxylation is 1. The SMILES string of the molecule is Cc1ccn(C(C)(C)C)c1. The zero-order valence-corrected chi connectivity index (χ0v) is 7.18. The Kier molecular flexibility index (Phi) is 1.59. The van der Waals surface area contributed by atoms with E-state index < -0.39 is 0 Å². The third-order valence-electron chi connectivity index (χ3n) is 1.62. The monoisotopic (exact) mass is 137 g/mol. The third kappa shape index (κ3) is 1.41. The Morgan fingerprint density at radius 2 is 1.90 bits per heavy atom. The summed E-state index contributed by atoms with van der Waals surface area (Å²) in [5.41, 5.74) is 1.56. The molecule has 1 heterocycles. The van der Waals surface area contributed by atoms with Crippen LogP contribution in [-0.2, 0) is 5.54 Å². The van der Waals surface area contributed by atoms with Gasteiger partial charge in [0.2, 0.25) is 0 Å². The summed E-state index contributed by atoms with van der Waals surface area (Å²) in [7, 11) is 0. The van der Waals surface area contributed by atoms with Gasteiger partial charge in [0.15, 0.2) is 0 Å². The number of hydrogen-bond donors (Lipinski definition) is 0. The van der Waals surface area contributed by atoms with Gasteiger partial charge in [0.1, 0.15) is 0 Å². The van der Waals surface area contributed by atoms with Crippen molar-refractivity contribution in [1.29, 1.82) is 0 Å². The number of rotatable bonds is 0. The van der Waals surface area contributed by atoms with Crippen LogP contribution in [0.4, 0.5) is 0 Å². The molecule has 1 aromatic heterocycles. The van der Waals surface area contributed by atoms with Crippen molar-refractivity contribution < 1.29 is 0 Å². The summed E-state index contributed by atoms with van der Waals surface area (Å²) < 4.78 is 2.22. The van der Waals surface area contributed by atoms with Gasteiger partial charge in [0.05, 0.1) is 0 Å². The van der Waals surface area contributed by atoms with Crippen LogP contribution in [0.25, 0.3) is 0 Å². The summed E-state index contributed by atoms with van der Waals surface area (Å²) >= 11 is 0. The van der Waals surface area contributed by atoms with Crippen LogP contribution in [-0.4, -0.2) is 4.57 Å². The zero-order valence-electron chi connectivity index (χ0n) is 7.18. The van der Waals surface area contributed by atoms with E-state index in [1.54, 1.807) is 0 Å². The summed E-state index contributed by atoms with van der Waals surface area (Å²) in [6.07, 6.45) is 4.29. The first-order valence-corrected chi connectivity index (χ1v) is 3.65. The minimum absolute atomic E-state index is 0.230. The predicted octanol–water partition coefficient (Wildman–Crippen LogP) is 2.55. The Hall–Kier alpha value is -0.720. The lowest BCUT2D eigenvalue weighted by atomic mass is 10.1. The largest absolute Gasteiger partial charge is 0.349 e. The molecule has 0 saturated carbocycles. The molecule has 1 rings (SSSR count). The Balaban J connectivity index is 2.96. The van der Waals surface area contributed by atoms with E-state index in [0.29, 0.717) is 0 Å². The number of hydrogen-bond acceptors (Lipinski definition) is 0. The first-order valence-electron chi connectivity index (χ1n) is 3.65. The second-order valence-corrected chi connectivity index (χ2v) is 3.77. The average Bonchev–Trinajstić information content (AvgIpc) is 2.11. The maximum atomic E-state index is 2.22. The van der Waals surface area contributed by atoms with E-state index >= 15 is 0 Å². The van der Waals surface area contributed by atoms with Gasteiger partial charge in [-0.2, -0.15) is 0 Å². The molecule has 0 spiro atoms. The van der Waals surface area contributed by atoms with Gasteiger partial charge in [-0.15, -0.1) is 0 Å². The molecule has 1 nitrogen and oxygen atoms in total. The van der Waals surface area contributed by atoms with Crippen molar-refractivity contribution in [3.63, 3.8) is 0 Å². The van der Waals surface area contributed by atoms with Crippen LogP contribution < -0.4 is 0 Å². The van der Waals surface area contributed by atoms with E-state index in [1.807, 2.05) is 0 Å². The number of nitrogens with zero attached hydrogens (tertiary/aromatic N) is 1. The lowest BCUT2D eigenvalue weighted by Gasteiger charge is -2.20. The molecule has 0 saturated heterocycles. The summed E-state index contributed by atoms with van der Waals surface area (Å²) in [6.45, 7) is 8.72. The van der Waals surface area contributed by atoms with Crippen molar-refractivity contribution in [3.8, 4) is 0 Å². The Morgan fingerprint density at radius 1 is 1.30 bits per heavy atom. The normalized spacial score (nSPS) is 12.0. The molecule has 0 aliphatic heterocycles. The van der Waals surface area contributed by atoms with Gasteiger partial charge >= 0.3 is 0 Å². The minimum atomic E-state index is 0.230. The Morgan fingerprint density at radius 3 is 2.10 bits per heavy atom. The molecule has 0 N–H and O–H groups in total. The topological polar surface area (TPSA) is 4.93 Å². The van der Waals surface area contributed by atoms with Gasteiger partial charge in [-0.25, -0.2) is 0 Å². The fourth-order valence-corrected chi connectivity index (χ4v) is 0.921. The highest BCUT2D eigenvalue weighted by Crippen LogP contribution is 2.14. The lowest BCUT2D eigenvalue weighted by molar-refractivity contribution is 0.398. The van der Waals surface area contributed by atoms with Gasteiger partial charge in [-0.1, -0.05) is 0 Å². The smallest absolute Gasteiger partial charge is 0.0355 e. The molecular weight excluding hydrogens is 122 g/mol. The van der Waals surface area contributed by atoms with Gasteiger partial charge < -0.3 is 4.57 Å². The third-order valence-corrected chi connectivity index (χ3v) is 1.62. The van der Waals surface area contributed by atoms with Crippen LogP contribution in [0.1, 0.15) is 26.3 Å². The highest BCUT2D eigenvalue weighted by atomic mass is 15.0. The van der Waals surface area contributed by atoms with Gasteiger partial charge in [0, 0.05) is 17.9 Å². The molecule has 0 atom stereocenters. The average molecular weight is 137 g/mol. The summed E-state index contributed by atoms with van der Waals surface area (Å²) in [6, 6.07) is 2.13. The van der Waals surface area contributed by atoms with Gasteiger partial charge in [-0.3, -0.25) is 0 Å². The molecule has 56 valence electrons. The zero-order chi connectivity index (χ0) is 7.78. The standard InChI is InChI=1S/C9H15N/c1-8-5-6-10(7-8)9(2,3)4/h5-7H,1-4H3. The lowest BCUT2D eigenvalue weighted by Crippen LogP contribution is -2.19. The van der Waals surface area contributed by atoms with Crippen LogP contribution in [0, 0.1) is 6.92 Å². The number of aromatic nitrogens is 1. The Labute approximate surface area is 62.7 Å². The molecule has 1 heteroatoms. The maximum Gasteiger partial charge on any atom is 0.0355 e. The van der Waals surface area contributed by atoms with E-state index in [2.05, 4.69) is 50.7 Å². The molecular formula is C9H15N. The van der Waals surface area contributed by atoms with E-state index in [-0.39, 0.29) is 5.54 Å². The van der Waals surface area contributed by atoms with E-state index in [1.165, 1.54) is 5.56 Å². The molecule has 0 amide bonds. The molecule has 0 bridgehead atoms. The molecule has 10 heavy (non-hydrogen) atoms. The van der Waals surface area contributed by atoms with Crippen molar-refractivity contribution in [2.45, 2.75) is 33.2 Å². The van der Waals surface area contributed by atoms with Crippen LogP contribution in [0.15, 0.2) is 18.5 Å². The molecule has 0 unspecified atom stereocenters. The van der Waals surface area contributed by atoms with Crippen molar-refractivity contribution in [2.24, 2.45) is 0 Å². The molecule has 0 aromatic carbocycles. The van der Waals surface area contributed by atoms with Crippen LogP contribution in [0.2, 0.25) is 0 Å². The fraction of sp³-hybridized carbons (Fsp3) is 0.556. The quantitative estimate of drug-likeness (QED) is 0.518. The van der Waals surface area contributed by atoms with E-state index in [9.17, 15) is 0 Å². The highest BCUT2D eigenvalue weighted by Gasteiger charge is 2.10. The van der Waals surface area contributed by atoms with E-state index in [0.717, 1.165) is 0 Å². The molecule has 0 aliphatic rings. The van der Waals surface area contributed by atoms with Crippen LogP contribution in [0.3, 0.4) is 0 Å². The fourth-order valence-electron chi connectivity index (χ4n) is 0.921. The maximum absolute atomic E-state index is 2.22. The van der Waals surface area contributed by atoms with Crippen LogP contribution in [0.5, 0.6) is 0 Å². The second kappa shape index (κ2) is 2.15. The van der Waals surface area contributed by atoms with Crippen molar-refractivity contribution in [1.82, 2.24) is 4.57 Å². The minimum Gasteiger partial charge on any atom is -0.349 e. The second-order valence-electron chi connectivity index (χ2n) is 3.77. The molecule has 0 radical (unpaired) electrons. The van der Waals surface area contributed by atoms with Crippen molar-refractivity contribution >= 4 is 0 Å².